The minimum absolute atomic E-state index is 0.0190. The van der Waals surface area contributed by atoms with E-state index >= 15 is 0 Å². The molecular formula is C22H30O8S. The lowest BCUT2D eigenvalue weighted by atomic mass is 10.1. The maximum absolute atomic E-state index is 12.1. The van der Waals surface area contributed by atoms with E-state index in [9.17, 15) is 18.6 Å². The molecule has 9 heteroatoms. The van der Waals surface area contributed by atoms with Crippen LogP contribution in [-0.4, -0.2) is 71.0 Å². The molecule has 0 heterocycles. The lowest BCUT2D eigenvalue weighted by Gasteiger charge is -2.15. The molecule has 0 bridgehead atoms. The summed E-state index contributed by atoms with van der Waals surface area (Å²) in [6, 6.07) is 13.7. The van der Waals surface area contributed by atoms with Gasteiger partial charge in [-0.15, -0.1) is 0 Å². The summed E-state index contributed by atoms with van der Waals surface area (Å²) in [7, 11) is -2.30. The number of hydrogen-bond donors (Lipinski definition) is 2. The van der Waals surface area contributed by atoms with Gasteiger partial charge in [-0.2, -0.15) is 8.42 Å². The quantitative estimate of drug-likeness (QED) is 0.415. The molecule has 0 spiro atoms. The highest BCUT2D eigenvalue weighted by Gasteiger charge is 2.18. The van der Waals surface area contributed by atoms with Crippen LogP contribution in [0.25, 0.3) is 0 Å². The summed E-state index contributed by atoms with van der Waals surface area (Å²) in [5.74, 6) is 0.620. The molecule has 0 saturated heterocycles. The fourth-order valence-corrected chi connectivity index (χ4v) is 3.48. The monoisotopic (exact) mass is 454 g/mol. The predicted octanol–water partition coefficient (Wildman–Crippen LogP) is 1.71. The highest BCUT2D eigenvalue weighted by atomic mass is 32.2. The van der Waals surface area contributed by atoms with Gasteiger partial charge in [0.1, 0.15) is 24.6 Å². The normalized spacial score (nSPS) is 13.7. The van der Waals surface area contributed by atoms with Crippen LogP contribution in [0.15, 0.2) is 53.4 Å². The van der Waals surface area contributed by atoms with Crippen molar-refractivity contribution < 1.29 is 37.0 Å². The van der Waals surface area contributed by atoms with Crippen LogP contribution < -0.4 is 4.74 Å². The van der Waals surface area contributed by atoms with E-state index in [1.807, 2.05) is 31.2 Å². The third-order valence-electron chi connectivity index (χ3n) is 4.31. The van der Waals surface area contributed by atoms with Crippen molar-refractivity contribution in [1.82, 2.24) is 0 Å². The Balaban J connectivity index is 1.63. The Morgan fingerprint density at radius 1 is 0.871 bits per heavy atom. The van der Waals surface area contributed by atoms with Gasteiger partial charge in [0.2, 0.25) is 0 Å². The molecule has 0 fully saturated rings. The number of rotatable bonds is 14. The van der Waals surface area contributed by atoms with Gasteiger partial charge in [-0.05, 0) is 43.2 Å². The Kier molecular flexibility index (Phi) is 10.4. The third-order valence-corrected chi connectivity index (χ3v) is 5.60. The molecule has 2 rings (SSSR count). The molecule has 2 unspecified atom stereocenters. The number of ether oxygens (including phenoxy) is 3. The molecule has 0 aliphatic rings. The lowest BCUT2D eigenvalue weighted by molar-refractivity contribution is -0.0303. The lowest BCUT2D eigenvalue weighted by Crippen LogP contribution is -2.28. The van der Waals surface area contributed by atoms with Crippen LogP contribution in [0.2, 0.25) is 0 Å². The molecule has 8 nitrogen and oxygen atoms in total. The highest BCUT2D eigenvalue weighted by molar-refractivity contribution is 7.86. The van der Waals surface area contributed by atoms with E-state index < -0.39 is 28.9 Å². The second kappa shape index (κ2) is 12.7. The van der Waals surface area contributed by atoms with Crippen LogP contribution >= 0.6 is 0 Å². The Hall–Kier alpha value is -2.01. The molecule has 0 aliphatic heterocycles. The first-order valence-electron chi connectivity index (χ1n) is 9.91. The molecule has 2 atom stereocenters. The SMILES string of the molecule is COCCc1ccc(OCC(O)COCC(O)COS(=O)(=O)c2ccc(C)cc2)cc1. The summed E-state index contributed by atoms with van der Waals surface area (Å²) < 4.78 is 44.8. The van der Waals surface area contributed by atoms with Crippen LogP contribution in [0.4, 0.5) is 0 Å². The number of methoxy groups -OCH3 is 1. The van der Waals surface area contributed by atoms with E-state index in [4.69, 9.17) is 18.4 Å². The van der Waals surface area contributed by atoms with E-state index in [0.717, 1.165) is 17.5 Å². The van der Waals surface area contributed by atoms with Crippen molar-refractivity contribution in [3.05, 3.63) is 59.7 Å². The summed E-state index contributed by atoms with van der Waals surface area (Å²) in [6.07, 6.45) is -1.25. The zero-order valence-electron chi connectivity index (χ0n) is 17.8. The van der Waals surface area contributed by atoms with Crippen molar-refractivity contribution in [3.8, 4) is 5.75 Å². The zero-order valence-corrected chi connectivity index (χ0v) is 18.6. The minimum atomic E-state index is -3.95. The Morgan fingerprint density at radius 2 is 1.48 bits per heavy atom. The molecule has 0 aromatic heterocycles. The molecule has 2 N–H and O–H groups in total. The van der Waals surface area contributed by atoms with Crippen LogP contribution in [0.1, 0.15) is 11.1 Å². The van der Waals surface area contributed by atoms with Gasteiger partial charge >= 0.3 is 0 Å². The maximum Gasteiger partial charge on any atom is 0.297 e. The van der Waals surface area contributed by atoms with Crippen LogP contribution in [0.5, 0.6) is 5.75 Å². The number of hydrogen-bond acceptors (Lipinski definition) is 8. The van der Waals surface area contributed by atoms with Crippen molar-refractivity contribution in [2.45, 2.75) is 30.4 Å². The second-order valence-corrected chi connectivity index (χ2v) is 8.71. The molecular weight excluding hydrogens is 424 g/mol. The fraction of sp³-hybridized carbons (Fsp3) is 0.455. The van der Waals surface area contributed by atoms with Gasteiger partial charge in [-0.25, -0.2) is 0 Å². The first-order valence-corrected chi connectivity index (χ1v) is 11.3. The van der Waals surface area contributed by atoms with E-state index in [0.29, 0.717) is 12.4 Å². The number of aliphatic hydroxyl groups excluding tert-OH is 2. The Labute approximate surface area is 183 Å². The molecule has 0 saturated carbocycles. The van der Waals surface area contributed by atoms with E-state index in [1.54, 1.807) is 19.2 Å². The highest BCUT2D eigenvalue weighted by Crippen LogP contribution is 2.14. The summed E-state index contributed by atoms with van der Waals surface area (Å²) in [4.78, 5) is 0.0190. The van der Waals surface area contributed by atoms with Crippen molar-refractivity contribution in [2.24, 2.45) is 0 Å². The van der Waals surface area contributed by atoms with E-state index in [1.165, 1.54) is 12.1 Å². The average Bonchev–Trinajstić information content (AvgIpc) is 2.76. The summed E-state index contributed by atoms with van der Waals surface area (Å²) >= 11 is 0. The molecule has 0 aliphatic carbocycles. The van der Waals surface area contributed by atoms with Gasteiger partial charge in [0.15, 0.2) is 0 Å². The standard InChI is InChI=1S/C22H30O8S/c1-17-3-9-22(10-4-17)31(25,26)30-16-20(24)14-28-13-19(23)15-29-21-7-5-18(6-8-21)11-12-27-2/h3-10,19-20,23-24H,11-16H2,1-2H3. The molecule has 0 radical (unpaired) electrons. The van der Waals surface area contributed by atoms with Crippen LogP contribution in [0, 0.1) is 6.92 Å². The van der Waals surface area contributed by atoms with E-state index in [-0.39, 0.29) is 24.7 Å². The van der Waals surface area contributed by atoms with Gasteiger partial charge in [-0.3, -0.25) is 4.18 Å². The average molecular weight is 455 g/mol. The molecule has 2 aromatic carbocycles. The Morgan fingerprint density at radius 3 is 2.10 bits per heavy atom. The Bertz CT molecular complexity index is 865. The first kappa shape index (κ1) is 25.3. The molecule has 31 heavy (non-hydrogen) atoms. The number of aryl methyl sites for hydroxylation is 1. The molecule has 172 valence electrons. The number of aliphatic hydroxyl groups is 2. The summed E-state index contributed by atoms with van der Waals surface area (Å²) in [6.45, 7) is 1.80. The van der Waals surface area contributed by atoms with Gasteiger partial charge < -0.3 is 24.4 Å². The maximum atomic E-state index is 12.1. The van der Waals surface area contributed by atoms with Crippen LogP contribution in [-0.2, 0) is 30.2 Å². The van der Waals surface area contributed by atoms with Gasteiger partial charge in [0.25, 0.3) is 10.1 Å². The van der Waals surface area contributed by atoms with Gasteiger partial charge in [-0.1, -0.05) is 29.8 Å². The largest absolute Gasteiger partial charge is 0.491 e. The van der Waals surface area contributed by atoms with Crippen molar-refractivity contribution in [1.29, 1.82) is 0 Å². The molecule has 2 aromatic rings. The number of benzene rings is 2. The zero-order chi connectivity index (χ0) is 22.7. The first-order chi connectivity index (χ1) is 14.8. The predicted molar refractivity (Wildman–Crippen MR) is 115 cm³/mol. The van der Waals surface area contributed by atoms with Gasteiger partial charge in [0, 0.05) is 7.11 Å². The van der Waals surface area contributed by atoms with Gasteiger partial charge in [0.05, 0.1) is 31.3 Å². The summed E-state index contributed by atoms with van der Waals surface area (Å²) in [5.41, 5.74) is 2.05. The van der Waals surface area contributed by atoms with E-state index in [2.05, 4.69) is 0 Å². The van der Waals surface area contributed by atoms with Crippen molar-refractivity contribution in [3.63, 3.8) is 0 Å². The smallest absolute Gasteiger partial charge is 0.297 e. The third kappa shape index (κ3) is 9.34. The topological polar surface area (TPSA) is 112 Å². The second-order valence-electron chi connectivity index (χ2n) is 7.09. The fourth-order valence-electron chi connectivity index (χ4n) is 2.54. The molecule has 0 amide bonds. The minimum Gasteiger partial charge on any atom is -0.491 e. The summed E-state index contributed by atoms with van der Waals surface area (Å²) in [5, 5.41) is 19.8. The van der Waals surface area contributed by atoms with Crippen LogP contribution in [0.3, 0.4) is 0 Å². The van der Waals surface area contributed by atoms with Crippen molar-refractivity contribution in [2.75, 3.05) is 40.1 Å². The van der Waals surface area contributed by atoms with Crippen molar-refractivity contribution >= 4 is 10.1 Å².